The Hall–Kier alpha value is -1.36. The van der Waals surface area contributed by atoms with Crippen LogP contribution >= 0.6 is 15.9 Å². The van der Waals surface area contributed by atoms with Crippen molar-refractivity contribution in [3.8, 4) is 0 Å². The van der Waals surface area contributed by atoms with Crippen molar-refractivity contribution in [3.05, 3.63) is 40.5 Å². The molecule has 0 bridgehead atoms. The quantitative estimate of drug-likeness (QED) is 0.898. The van der Waals surface area contributed by atoms with Gasteiger partial charge in [-0.3, -0.25) is 0 Å². The van der Waals surface area contributed by atoms with Gasteiger partial charge < -0.3 is 10.3 Å². The second-order valence-electron chi connectivity index (χ2n) is 3.23. The van der Waals surface area contributed by atoms with Crippen LogP contribution in [-0.2, 0) is 6.54 Å². The fourth-order valence-electron chi connectivity index (χ4n) is 1.23. The van der Waals surface area contributed by atoms with Crippen LogP contribution in [0.5, 0.6) is 0 Å². The van der Waals surface area contributed by atoms with Crippen LogP contribution in [0.25, 0.3) is 0 Å². The first-order chi connectivity index (χ1) is 7.25. The van der Waals surface area contributed by atoms with Gasteiger partial charge in [0.1, 0.15) is 11.6 Å². The lowest BCUT2D eigenvalue weighted by Crippen LogP contribution is -2.03. The third-order valence-corrected chi connectivity index (χ3v) is 2.56. The predicted molar refractivity (Wildman–Crippen MR) is 62.6 cm³/mol. The Kier molecular flexibility index (Phi) is 3.01. The summed E-state index contributed by atoms with van der Waals surface area (Å²) in [5.74, 6) is 1.72. The van der Waals surface area contributed by atoms with Crippen LogP contribution in [0.4, 0.5) is 5.82 Å². The number of hydrogen-bond donors (Lipinski definition) is 2. The second-order valence-corrected chi connectivity index (χ2v) is 4.09. The van der Waals surface area contributed by atoms with Crippen molar-refractivity contribution in [1.29, 1.82) is 0 Å². The SMILES string of the molecule is Cc1cnc(NCc2ncc[nH]2)c(Br)c1. The van der Waals surface area contributed by atoms with Crippen LogP contribution in [0.2, 0.25) is 0 Å². The summed E-state index contributed by atoms with van der Waals surface area (Å²) in [4.78, 5) is 11.4. The van der Waals surface area contributed by atoms with E-state index in [-0.39, 0.29) is 0 Å². The highest BCUT2D eigenvalue weighted by molar-refractivity contribution is 9.10. The first-order valence-corrected chi connectivity index (χ1v) is 5.39. The van der Waals surface area contributed by atoms with E-state index in [9.17, 15) is 0 Å². The molecule has 0 radical (unpaired) electrons. The number of hydrogen-bond acceptors (Lipinski definition) is 3. The Bertz CT molecular complexity index is 439. The van der Waals surface area contributed by atoms with E-state index in [1.54, 1.807) is 12.4 Å². The molecule has 4 nitrogen and oxygen atoms in total. The van der Waals surface area contributed by atoms with Gasteiger partial charge in [0, 0.05) is 18.6 Å². The van der Waals surface area contributed by atoms with Crippen LogP contribution in [-0.4, -0.2) is 15.0 Å². The normalized spacial score (nSPS) is 10.3. The van der Waals surface area contributed by atoms with Gasteiger partial charge in [-0.05, 0) is 34.5 Å². The van der Waals surface area contributed by atoms with Crippen LogP contribution in [0.3, 0.4) is 0 Å². The molecule has 78 valence electrons. The van der Waals surface area contributed by atoms with Crippen molar-refractivity contribution in [3.63, 3.8) is 0 Å². The van der Waals surface area contributed by atoms with Crippen LogP contribution in [0.1, 0.15) is 11.4 Å². The smallest absolute Gasteiger partial charge is 0.140 e. The number of aromatic amines is 1. The second kappa shape index (κ2) is 4.44. The number of aromatic nitrogens is 3. The summed E-state index contributed by atoms with van der Waals surface area (Å²) in [6.45, 7) is 2.65. The van der Waals surface area contributed by atoms with E-state index in [0.717, 1.165) is 21.7 Å². The summed E-state index contributed by atoms with van der Waals surface area (Å²) >= 11 is 3.46. The molecule has 0 amide bonds. The molecule has 2 rings (SSSR count). The van der Waals surface area contributed by atoms with Crippen LogP contribution in [0.15, 0.2) is 29.1 Å². The maximum Gasteiger partial charge on any atom is 0.140 e. The van der Waals surface area contributed by atoms with E-state index in [1.165, 1.54) is 0 Å². The molecule has 0 fully saturated rings. The number of aryl methyl sites for hydroxylation is 1. The summed E-state index contributed by atoms with van der Waals surface area (Å²) in [6, 6.07) is 2.03. The Labute approximate surface area is 96.3 Å². The van der Waals surface area contributed by atoms with Gasteiger partial charge in [0.2, 0.25) is 0 Å². The van der Waals surface area contributed by atoms with Gasteiger partial charge in [0.05, 0.1) is 11.0 Å². The topological polar surface area (TPSA) is 53.6 Å². The molecule has 15 heavy (non-hydrogen) atoms. The Balaban J connectivity index is 2.05. The minimum absolute atomic E-state index is 0.641. The lowest BCUT2D eigenvalue weighted by Gasteiger charge is -2.06. The number of halogens is 1. The predicted octanol–water partition coefficient (Wildman–Crippen LogP) is 2.49. The average Bonchev–Trinajstić information content (AvgIpc) is 2.69. The molecule has 0 aliphatic carbocycles. The van der Waals surface area contributed by atoms with Crippen molar-refractivity contribution >= 4 is 21.7 Å². The molecule has 0 aliphatic rings. The zero-order valence-corrected chi connectivity index (χ0v) is 9.87. The molecule has 2 aromatic rings. The van der Waals surface area contributed by atoms with E-state index in [0.29, 0.717) is 6.54 Å². The lowest BCUT2D eigenvalue weighted by molar-refractivity contribution is 0.985. The van der Waals surface area contributed by atoms with Gasteiger partial charge in [0.15, 0.2) is 0 Å². The Morgan fingerprint density at radius 1 is 1.47 bits per heavy atom. The molecular formula is C10H11BrN4. The van der Waals surface area contributed by atoms with Gasteiger partial charge in [-0.1, -0.05) is 0 Å². The van der Waals surface area contributed by atoms with Gasteiger partial charge in [-0.2, -0.15) is 0 Å². The number of pyridine rings is 1. The third kappa shape index (κ3) is 2.56. The molecule has 2 N–H and O–H groups in total. The van der Waals surface area contributed by atoms with Gasteiger partial charge in [-0.15, -0.1) is 0 Å². The van der Waals surface area contributed by atoms with Gasteiger partial charge in [0.25, 0.3) is 0 Å². The minimum Gasteiger partial charge on any atom is -0.362 e. The van der Waals surface area contributed by atoms with E-state index in [1.807, 2.05) is 19.2 Å². The summed E-state index contributed by atoms with van der Waals surface area (Å²) in [7, 11) is 0. The molecule has 0 atom stereocenters. The highest BCUT2D eigenvalue weighted by atomic mass is 79.9. The summed E-state index contributed by atoms with van der Waals surface area (Å²) < 4.78 is 0.967. The third-order valence-electron chi connectivity index (χ3n) is 1.96. The molecule has 0 aromatic carbocycles. The highest BCUT2D eigenvalue weighted by Gasteiger charge is 2.01. The monoisotopic (exact) mass is 266 g/mol. The average molecular weight is 267 g/mol. The molecule has 0 unspecified atom stereocenters. The van der Waals surface area contributed by atoms with Crippen molar-refractivity contribution in [2.75, 3.05) is 5.32 Å². The van der Waals surface area contributed by atoms with Crippen molar-refractivity contribution in [1.82, 2.24) is 15.0 Å². The van der Waals surface area contributed by atoms with Crippen molar-refractivity contribution in [2.45, 2.75) is 13.5 Å². The van der Waals surface area contributed by atoms with E-state index in [2.05, 4.69) is 36.2 Å². The number of H-pyrrole nitrogens is 1. The fraction of sp³-hybridized carbons (Fsp3) is 0.200. The standard InChI is InChI=1S/C10H11BrN4/c1-7-4-8(11)10(14-5-7)15-6-9-12-2-3-13-9/h2-5H,6H2,1H3,(H,12,13)(H,14,15). The summed E-state index contributed by atoms with van der Waals surface area (Å²) in [5.41, 5.74) is 1.13. The number of nitrogens with zero attached hydrogens (tertiary/aromatic N) is 2. The van der Waals surface area contributed by atoms with Crippen molar-refractivity contribution < 1.29 is 0 Å². The van der Waals surface area contributed by atoms with Crippen LogP contribution < -0.4 is 5.32 Å². The van der Waals surface area contributed by atoms with Crippen molar-refractivity contribution in [2.24, 2.45) is 0 Å². The number of imidazole rings is 1. The van der Waals surface area contributed by atoms with E-state index in [4.69, 9.17) is 0 Å². The number of anilines is 1. The van der Waals surface area contributed by atoms with Gasteiger partial charge in [-0.25, -0.2) is 9.97 Å². The molecule has 2 aromatic heterocycles. The van der Waals surface area contributed by atoms with E-state index < -0.39 is 0 Å². The van der Waals surface area contributed by atoms with E-state index >= 15 is 0 Å². The maximum atomic E-state index is 4.28. The van der Waals surface area contributed by atoms with Crippen LogP contribution in [0, 0.1) is 6.92 Å². The zero-order valence-electron chi connectivity index (χ0n) is 8.29. The summed E-state index contributed by atoms with van der Waals surface area (Å²) in [6.07, 6.45) is 5.36. The molecular weight excluding hydrogens is 256 g/mol. The highest BCUT2D eigenvalue weighted by Crippen LogP contribution is 2.20. The first kappa shape index (κ1) is 10.2. The maximum absolute atomic E-state index is 4.28. The molecule has 2 heterocycles. The molecule has 5 heteroatoms. The largest absolute Gasteiger partial charge is 0.362 e. The minimum atomic E-state index is 0.641. The molecule has 0 aliphatic heterocycles. The molecule has 0 saturated carbocycles. The zero-order chi connectivity index (χ0) is 10.7. The first-order valence-electron chi connectivity index (χ1n) is 4.60. The molecule has 0 saturated heterocycles. The van der Waals surface area contributed by atoms with Gasteiger partial charge >= 0.3 is 0 Å². The number of nitrogens with one attached hydrogen (secondary N) is 2. The number of rotatable bonds is 3. The molecule has 0 spiro atoms. The Morgan fingerprint density at radius 3 is 3.00 bits per heavy atom. The Morgan fingerprint density at radius 2 is 2.33 bits per heavy atom. The fourth-order valence-corrected chi connectivity index (χ4v) is 1.83. The lowest BCUT2D eigenvalue weighted by atomic mass is 10.3. The summed E-state index contributed by atoms with van der Waals surface area (Å²) in [5, 5.41) is 3.19.